The van der Waals surface area contributed by atoms with Crippen molar-refractivity contribution in [3.05, 3.63) is 64.7 Å². The van der Waals surface area contributed by atoms with E-state index in [9.17, 15) is 9.59 Å². The second-order valence-electron chi connectivity index (χ2n) is 5.99. The van der Waals surface area contributed by atoms with Crippen molar-refractivity contribution in [2.45, 2.75) is 0 Å². The Labute approximate surface area is 175 Å². The molecule has 0 fully saturated rings. The van der Waals surface area contributed by atoms with E-state index in [1.54, 1.807) is 55.7 Å². The van der Waals surface area contributed by atoms with Gasteiger partial charge in [-0.05, 0) is 47.5 Å². The van der Waals surface area contributed by atoms with Crippen LogP contribution in [0.5, 0.6) is 17.2 Å². The van der Waals surface area contributed by atoms with E-state index in [2.05, 4.69) is 0 Å². The molecule has 0 radical (unpaired) electrons. The van der Waals surface area contributed by atoms with Gasteiger partial charge >= 0.3 is 11.9 Å². The van der Waals surface area contributed by atoms with Crippen LogP contribution in [0.15, 0.2) is 53.6 Å². The van der Waals surface area contributed by atoms with Crippen molar-refractivity contribution in [1.29, 1.82) is 0 Å². The van der Waals surface area contributed by atoms with Gasteiger partial charge < -0.3 is 23.7 Å². The Bertz CT molecular complexity index is 956. The molecule has 0 heterocycles. The number of methoxy groups -OCH3 is 5. The molecule has 0 atom stereocenters. The number of esters is 2. The number of benzene rings is 2. The van der Waals surface area contributed by atoms with E-state index in [1.807, 2.05) is 0 Å². The number of carbonyl (C=O) groups excluding carboxylic acids is 2. The molecule has 158 valence electrons. The van der Waals surface area contributed by atoms with E-state index >= 15 is 0 Å². The fourth-order valence-electron chi connectivity index (χ4n) is 2.69. The van der Waals surface area contributed by atoms with E-state index < -0.39 is 11.9 Å². The van der Waals surface area contributed by atoms with Crippen LogP contribution in [0.3, 0.4) is 0 Å². The van der Waals surface area contributed by atoms with Gasteiger partial charge in [0.05, 0.1) is 46.7 Å². The molecular weight excluding hydrogens is 388 g/mol. The lowest BCUT2D eigenvalue weighted by Crippen LogP contribution is -2.15. The van der Waals surface area contributed by atoms with Gasteiger partial charge in [-0.25, -0.2) is 9.59 Å². The van der Waals surface area contributed by atoms with Gasteiger partial charge in [0, 0.05) is 0 Å². The minimum atomic E-state index is -0.685. The van der Waals surface area contributed by atoms with Crippen LogP contribution < -0.4 is 14.2 Å². The molecule has 0 N–H and O–H groups in total. The first-order valence-electron chi connectivity index (χ1n) is 8.93. The molecule has 0 aliphatic heterocycles. The summed E-state index contributed by atoms with van der Waals surface area (Å²) < 4.78 is 25.5. The molecule has 0 aliphatic rings. The van der Waals surface area contributed by atoms with Crippen LogP contribution in [-0.2, 0) is 19.1 Å². The lowest BCUT2D eigenvalue weighted by molar-refractivity contribution is -0.139. The summed E-state index contributed by atoms with van der Waals surface area (Å²) >= 11 is 0. The quantitative estimate of drug-likeness (QED) is 0.373. The van der Waals surface area contributed by atoms with Gasteiger partial charge in [0.15, 0.2) is 11.5 Å². The van der Waals surface area contributed by atoms with Crippen LogP contribution in [0, 0.1) is 0 Å². The van der Waals surface area contributed by atoms with Gasteiger partial charge in [-0.1, -0.05) is 18.2 Å². The van der Waals surface area contributed by atoms with Crippen molar-refractivity contribution in [3.63, 3.8) is 0 Å². The smallest absolute Gasteiger partial charge is 0.338 e. The van der Waals surface area contributed by atoms with E-state index in [0.29, 0.717) is 28.4 Å². The van der Waals surface area contributed by atoms with Gasteiger partial charge in [0.1, 0.15) is 5.75 Å². The highest BCUT2D eigenvalue weighted by Gasteiger charge is 2.23. The lowest BCUT2D eigenvalue weighted by Gasteiger charge is -2.11. The fourth-order valence-corrected chi connectivity index (χ4v) is 2.69. The number of hydrogen-bond donors (Lipinski definition) is 0. The van der Waals surface area contributed by atoms with E-state index in [1.165, 1.54) is 34.5 Å². The Morgan fingerprint density at radius 2 is 1.13 bits per heavy atom. The van der Waals surface area contributed by atoms with Gasteiger partial charge in [0.25, 0.3) is 0 Å². The molecule has 2 aromatic carbocycles. The summed E-state index contributed by atoms with van der Waals surface area (Å²) in [5, 5.41) is 0. The zero-order valence-corrected chi connectivity index (χ0v) is 17.6. The van der Waals surface area contributed by atoms with Crippen LogP contribution in [0.4, 0.5) is 0 Å². The molecule has 7 nitrogen and oxygen atoms in total. The summed E-state index contributed by atoms with van der Waals surface area (Å²) in [6.07, 6.45) is 3.08. The summed E-state index contributed by atoms with van der Waals surface area (Å²) in [7, 11) is 7.09. The third-order valence-corrected chi connectivity index (χ3v) is 4.25. The van der Waals surface area contributed by atoms with Crippen molar-refractivity contribution >= 4 is 24.1 Å². The Kier molecular flexibility index (Phi) is 8.05. The Morgan fingerprint density at radius 3 is 1.60 bits per heavy atom. The zero-order valence-electron chi connectivity index (χ0n) is 17.6. The van der Waals surface area contributed by atoms with Gasteiger partial charge in [-0.2, -0.15) is 0 Å². The molecule has 0 amide bonds. The molecule has 0 bridgehead atoms. The monoisotopic (exact) mass is 412 g/mol. The molecule has 30 heavy (non-hydrogen) atoms. The zero-order chi connectivity index (χ0) is 22.1. The number of carbonyl (C=O) groups is 2. The predicted octanol–water partition coefficient (Wildman–Crippen LogP) is 3.53. The molecular formula is C23H24O7. The number of rotatable bonds is 8. The van der Waals surface area contributed by atoms with Crippen molar-refractivity contribution in [2.75, 3.05) is 35.5 Å². The van der Waals surface area contributed by atoms with Crippen LogP contribution in [-0.4, -0.2) is 47.5 Å². The van der Waals surface area contributed by atoms with Crippen LogP contribution >= 0.6 is 0 Å². The minimum absolute atomic E-state index is 0.0346. The maximum absolute atomic E-state index is 12.5. The maximum atomic E-state index is 12.5. The van der Waals surface area contributed by atoms with Crippen molar-refractivity contribution in [2.24, 2.45) is 0 Å². The van der Waals surface area contributed by atoms with Crippen molar-refractivity contribution in [3.8, 4) is 17.2 Å². The SMILES string of the molecule is COC(=O)C(=Cc1ccc(OC)cc1)C(=Cc1ccc(OC)c(OC)c1)C(=O)OC. The Morgan fingerprint density at radius 1 is 0.633 bits per heavy atom. The van der Waals surface area contributed by atoms with Crippen LogP contribution in [0.2, 0.25) is 0 Å². The summed E-state index contributed by atoms with van der Waals surface area (Å²) in [4.78, 5) is 25.0. The molecule has 0 spiro atoms. The summed E-state index contributed by atoms with van der Waals surface area (Å²) in [6.45, 7) is 0. The highest BCUT2D eigenvalue weighted by Crippen LogP contribution is 2.30. The number of hydrogen-bond acceptors (Lipinski definition) is 7. The van der Waals surface area contributed by atoms with Crippen LogP contribution in [0.25, 0.3) is 12.2 Å². The van der Waals surface area contributed by atoms with Crippen molar-refractivity contribution < 1.29 is 33.3 Å². The van der Waals surface area contributed by atoms with Gasteiger partial charge in [-0.15, -0.1) is 0 Å². The topological polar surface area (TPSA) is 80.3 Å². The van der Waals surface area contributed by atoms with E-state index in [-0.39, 0.29) is 11.1 Å². The second kappa shape index (κ2) is 10.7. The summed E-state index contributed by atoms with van der Waals surface area (Å²) in [6, 6.07) is 12.1. The predicted molar refractivity (Wildman–Crippen MR) is 113 cm³/mol. The molecule has 0 aliphatic carbocycles. The second-order valence-corrected chi connectivity index (χ2v) is 5.99. The largest absolute Gasteiger partial charge is 0.497 e. The van der Waals surface area contributed by atoms with E-state index in [4.69, 9.17) is 23.7 Å². The highest BCUT2D eigenvalue weighted by molar-refractivity contribution is 6.12. The third-order valence-electron chi connectivity index (χ3n) is 4.25. The Balaban J connectivity index is 2.61. The molecule has 2 rings (SSSR count). The Hall–Kier alpha value is -3.74. The highest BCUT2D eigenvalue weighted by atomic mass is 16.5. The normalized spacial score (nSPS) is 11.5. The molecule has 0 saturated heterocycles. The molecule has 0 saturated carbocycles. The lowest BCUT2D eigenvalue weighted by atomic mass is 10.00. The summed E-state index contributed by atoms with van der Waals surface area (Å²) in [5.41, 5.74) is 1.37. The van der Waals surface area contributed by atoms with E-state index in [0.717, 1.165) is 0 Å². The molecule has 0 unspecified atom stereocenters. The maximum Gasteiger partial charge on any atom is 0.338 e. The fraction of sp³-hybridized carbons (Fsp3) is 0.217. The first-order chi connectivity index (χ1) is 14.5. The summed E-state index contributed by atoms with van der Waals surface area (Å²) in [5.74, 6) is 0.323. The van der Waals surface area contributed by atoms with Crippen molar-refractivity contribution in [1.82, 2.24) is 0 Å². The van der Waals surface area contributed by atoms with Crippen LogP contribution in [0.1, 0.15) is 11.1 Å². The average Bonchev–Trinajstić information content (AvgIpc) is 2.80. The molecule has 2 aromatic rings. The average molecular weight is 412 g/mol. The standard InChI is InChI=1S/C23H24O7/c1-26-17-9-6-15(7-10-17)12-18(22(24)29-4)19(23(25)30-5)13-16-8-11-20(27-2)21(14-16)28-3/h6-14H,1-5H3. The first-order valence-corrected chi connectivity index (χ1v) is 8.93. The van der Waals surface area contributed by atoms with Gasteiger partial charge in [0.2, 0.25) is 0 Å². The molecule has 7 heteroatoms. The van der Waals surface area contributed by atoms with Gasteiger partial charge in [-0.3, -0.25) is 0 Å². The third kappa shape index (κ3) is 5.41. The molecule has 0 aromatic heterocycles. The first kappa shape index (κ1) is 22.5. The minimum Gasteiger partial charge on any atom is -0.497 e. The number of ether oxygens (including phenoxy) is 5.